The molecule has 0 saturated carbocycles. The standard InChI is InChI=1S/C12H14N2O2S/c1-6-3-4-12(2,11(15)16)8-7(5-13)10(14)17-9(6)8/h6H,3-4,14H2,1-2H3,(H,15,16). The number of carbonyl (C=O) groups is 1. The van der Waals surface area contributed by atoms with E-state index in [0.29, 0.717) is 22.5 Å². The Hall–Kier alpha value is -1.54. The van der Waals surface area contributed by atoms with Crippen molar-refractivity contribution in [2.24, 2.45) is 0 Å². The third kappa shape index (κ3) is 1.52. The number of nitrogen functional groups attached to an aromatic ring is 1. The first-order valence-corrected chi connectivity index (χ1v) is 6.29. The molecule has 0 amide bonds. The van der Waals surface area contributed by atoms with Crippen LogP contribution in [-0.2, 0) is 10.2 Å². The zero-order valence-electron chi connectivity index (χ0n) is 9.78. The maximum Gasteiger partial charge on any atom is 0.313 e. The van der Waals surface area contributed by atoms with Gasteiger partial charge >= 0.3 is 5.97 Å². The third-order valence-corrected chi connectivity index (χ3v) is 4.87. The molecule has 17 heavy (non-hydrogen) atoms. The number of aliphatic carboxylic acids is 1. The van der Waals surface area contributed by atoms with Crippen LogP contribution in [0.5, 0.6) is 0 Å². The summed E-state index contributed by atoms with van der Waals surface area (Å²) in [6, 6.07) is 2.06. The molecule has 0 saturated heterocycles. The molecule has 0 bridgehead atoms. The summed E-state index contributed by atoms with van der Waals surface area (Å²) in [5.74, 6) is -0.591. The lowest BCUT2D eigenvalue weighted by Crippen LogP contribution is -2.36. The minimum Gasteiger partial charge on any atom is -0.481 e. The first-order chi connectivity index (χ1) is 7.91. The van der Waals surface area contributed by atoms with E-state index >= 15 is 0 Å². The number of carboxylic acid groups (broad SMARTS) is 1. The zero-order chi connectivity index (χ0) is 12.8. The van der Waals surface area contributed by atoms with Crippen molar-refractivity contribution in [3.05, 3.63) is 16.0 Å². The van der Waals surface area contributed by atoms with Crippen LogP contribution in [0.25, 0.3) is 0 Å². The lowest BCUT2D eigenvalue weighted by atomic mass is 9.70. The molecule has 1 aromatic rings. The van der Waals surface area contributed by atoms with Gasteiger partial charge in [0.1, 0.15) is 11.1 Å². The number of nitrogens with zero attached hydrogens (tertiary/aromatic N) is 1. The number of nitriles is 1. The van der Waals surface area contributed by atoms with Gasteiger partial charge in [-0.3, -0.25) is 4.79 Å². The molecule has 0 radical (unpaired) electrons. The molecular formula is C12H14N2O2S. The molecule has 2 rings (SSSR count). The van der Waals surface area contributed by atoms with Gasteiger partial charge in [0.15, 0.2) is 0 Å². The second kappa shape index (κ2) is 3.74. The van der Waals surface area contributed by atoms with Crippen LogP contribution in [0.2, 0.25) is 0 Å². The van der Waals surface area contributed by atoms with Crippen molar-refractivity contribution in [2.75, 3.05) is 5.73 Å². The smallest absolute Gasteiger partial charge is 0.313 e. The van der Waals surface area contributed by atoms with Crippen LogP contribution in [0.4, 0.5) is 5.00 Å². The second-order valence-corrected chi connectivity index (χ2v) is 5.85. The van der Waals surface area contributed by atoms with Gasteiger partial charge in [-0.05, 0) is 25.7 Å². The highest BCUT2D eigenvalue weighted by Crippen LogP contribution is 2.49. The van der Waals surface area contributed by atoms with Crippen LogP contribution in [0.1, 0.15) is 48.6 Å². The van der Waals surface area contributed by atoms with E-state index < -0.39 is 11.4 Å². The van der Waals surface area contributed by atoms with E-state index in [4.69, 9.17) is 11.0 Å². The Morgan fingerprint density at radius 1 is 1.71 bits per heavy atom. The van der Waals surface area contributed by atoms with Gasteiger partial charge in [0.2, 0.25) is 0 Å². The Labute approximate surface area is 104 Å². The van der Waals surface area contributed by atoms with Gasteiger partial charge in [-0.25, -0.2) is 0 Å². The molecule has 1 aromatic heterocycles. The molecule has 2 atom stereocenters. The summed E-state index contributed by atoms with van der Waals surface area (Å²) in [6.45, 7) is 3.74. The average Bonchev–Trinajstić information content (AvgIpc) is 2.62. The second-order valence-electron chi connectivity index (χ2n) is 4.77. The van der Waals surface area contributed by atoms with Crippen molar-refractivity contribution < 1.29 is 9.90 Å². The number of anilines is 1. The van der Waals surface area contributed by atoms with Gasteiger partial charge < -0.3 is 10.8 Å². The number of rotatable bonds is 1. The minimum atomic E-state index is -0.971. The molecule has 0 spiro atoms. The van der Waals surface area contributed by atoms with Crippen LogP contribution in [0.15, 0.2) is 0 Å². The molecule has 2 unspecified atom stereocenters. The summed E-state index contributed by atoms with van der Waals surface area (Å²) in [4.78, 5) is 12.4. The van der Waals surface area contributed by atoms with E-state index in [9.17, 15) is 9.90 Å². The summed E-state index contributed by atoms with van der Waals surface area (Å²) >= 11 is 1.36. The Balaban J connectivity index is 2.75. The van der Waals surface area contributed by atoms with Crippen molar-refractivity contribution >= 4 is 22.3 Å². The highest BCUT2D eigenvalue weighted by molar-refractivity contribution is 7.16. The molecule has 1 aliphatic rings. The Morgan fingerprint density at radius 3 is 2.88 bits per heavy atom. The van der Waals surface area contributed by atoms with Crippen LogP contribution in [-0.4, -0.2) is 11.1 Å². The number of carboxylic acids is 1. The summed E-state index contributed by atoms with van der Waals surface area (Å²) in [7, 11) is 0. The van der Waals surface area contributed by atoms with E-state index in [1.54, 1.807) is 6.92 Å². The average molecular weight is 250 g/mol. The largest absolute Gasteiger partial charge is 0.481 e. The Kier molecular flexibility index (Phi) is 2.63. The summed E-state index contributed by atoms with van der Waals surface area (Å²) in [5.41, 5.74) is 5.86. The van der Waals surface area contributed by atoms with E-state index in [1.165, 1.54) is 11.3 Å². The molecule has 90 valence electrons. The molecule has 1 heterocycles. The van der Waals surface area contributed by atoms with Gasteiger partial charge in [0.25, 0.3) is 0 Å². The number of hydrogen-bond acceptors (Lipinski definition) is 4. The maximum absolute atomic E-state index is 11.5. The van der Waals surface area contributed by atoms with E-state index in [2.05, 4.69) is 13.0 Å². The molecule has 0 fully saturated rings. The lowest BCUT2D eigenvalue weighted by molar-refractivity contribution is -0.143. The predicted octanol–water partition coefficient (Wildman–Crippen LogP) is 2.44. The van der Waals surface area contributed by atoms with Crippen molar-refractivity contribution in [3.63, 3.8) is 0 Å². The first-order valence-electron chi connectivity index (χ1n) is 5.48. The molecule has 4 nitrogen and oxygen atoms in total. The molecule has 0 aromatic carbocycles. The monoisotopic (exact) mass is 250 g/mol. The van der Waals surface area contributed by atoms with Crippen LogP contribution in [0, 0.1) is 11.3 Å². The molecule has 5 heteroatoms. The van der Waals surface area contributed by atoms with Crippen molar-refractivity contribution in [3.8, 4) is 6.07 Å². The summed E-state index contributed by atoms with van der Waals surface area (Å²) in [5, 5.41) is 19.0. The Bertz CT molecular complexity index is 529. The summed E-state index contributed by atoms with van der Waals surface area (Å²) < 4.78 is 0. The van der Waals surface area contributed by atoms with Crippen molar-refractivity contribution in [2.45, 2.75) is 38.0 Å². The van der Waals surface area contributed by atoms with Crippen LogP contribution in [0.3, 0.4) is 0 Å². The fraction of sp³-hybridized carbons (Fsp3) is 0.500. The van der Waals surface area contributed by atoms with E-state index in [0.717, 1.165) is 11.3 Å². The lowest BCUT2D eigenvalue weighted by Gasteiger charge is -2.33. The normalized spacial score (nSPS) is 27.2. The molecular weight excluding hydrogens is 236 g/mol. The Morgan fingerprint density at radius 2 is 2.35 bits per heavy atom. The van der Waals surface area contributed by atoms with Gasteiger partial charge in [-0.1, -0.05) is 6.92 Å². The van der Waals surface area contributed by atoms with Gasteiger partial charge in [-0.15, -0.1) is 11.3 Å². The fourth-order valence-electron chi connectivity index (χ4n) is 2.45. The van der Waals surface area contributed by atoms with Gasteiger partial charge in [0.05, 0.1) is 11.0 Å². The minimum absolute atomic E-state index is 0.284. The maximum atomic E-state index is 11.5. The number of hydrogen-bond donors (Lipinski definition) is 2. The fourth-order valence-corrected chi connectivity index (χ4v) is 3.68. The van der Waals surface area contributed by atoms with E-state index in [1.807, 2.05) is 0 Å². The summed E-state index contributed by atoms with van der Waals surface area (Å²) in [6.07, 6.45) is 1.38. The van der Waals surface area contributed by atoms with Crippen molar-refractivity contribution in [1.29, 1.82) is 5.26 Å². The molecule has 0 aliphatic heterocycles. The highest BCUT2D eigenvalue weighted by Gasteiger charge is 2.44. The predicted molar refractivity (Wildman–Crippen MR) is 66.1 cm³/mol. The highest BCUT2D eigenvalue weighted by atomic mass is 32.1. The SMILES string of the molecule is CC1CCC(C)(C(=O)O)c2c1sc(N)c2C#N. The number of nitrogens with two attached hydrogens (primary N) is 1. The molecule has 3 N–H and O–H groups in total. The number of thiophene rings is 1. The van der Waals surface area contributed by atoms with Crippen LogP contribution < -0.4 is 5.73 Å². The number of fused-ring (bicyclic) bond motifs is 1. The van der Waals surface area contributed by atoms with Crippen molar-refractivity contribution in [1.82, 2.24) is 0 Å². The van der Waals surface area contributed by atoms with Crippen LogP contribution >= 0.6 is 11.3 Å². The first kappa shape index (κ1) is 11.9. The zero-order valence-corrected chi connectivity index (χ0v) is 10.6. The third-order valence-electron chi connectivity index (χ3n) is 3.62. The molecule has 1 aliphatic carbocycles. The quantitative estimate of drug-likeness (QED) is 0.801. The van der Waals surface area contributed by atoms with Gasteiger partial charge in [-0.2, -0.15) is 5.26 Å². The topological polar surface area (TPSA) is 87.1 Å². The van der Waals surface area contributed by atoms with E-state index in [-0.39, 0.29) is 5.92 Å². The van der Waals surface area contributed by atoms with Gasteiger partial charge in [0, 0.05) is 10.4 Å².